The summed E-state index contributed by atoms with van der Waals surface area (Å²) in [6.07, 6.45) is 3.98. The molecule has 6 heteroatoms. The van der Waals surface area contributed by atoms with Crippen molar-refractivity contribution in [2.75, 3.05) is 26.2 Å². The van der Waals surface area contributed by atoms with Gasteiger partial charge in [0.25, 0.3) is 5.91 Å². The maximum atomic E-state index is 13.1. The van der Waals surface area contributed by atoms with Crippen LogP contribution in [0.3, 0.4) is 0 Å². The molecule has 2 fully saturated rings. The maximum absolute atomic E-state index is 13.1. The zero-order valence-electron chi connectivity index (χ0n) is 18.5. The van der Waals surface area contributed by atoms with E-state index in [1.807, 2.05) is 52.3 Å². The largest absolute Gasteiger partial charge is 0.436 e. The molecule has 166 valence electrons. The first-order valence-electron chi connectivity index (χ1n) is 11.6. The number of benzene rings is 2. The Balaban J connectivity index is 1.24. The Morgan fingerprint density at radius 1 is 0.969 bits per heavy atom. The van der Waals surface area contributed by atoms with Gasteiger partial charge in [-0.1, -0.05) is 25.1 Å². The van der Waals surface area contributed by atoms with Crippen molar-refractivity contribution in [3.63, 3.8) is 0 Å². The van der Waals surface area contributed by atoms with E-state index in [1.54, 1.807) is 6.07 Å². The summed E-state index contributed by atoms with van der Waals surface area (Å²) in [6, 6.07) is 15.2. The number of carbonyl (C=O) groups excluding carboxylic acids is 2. The van der Waals surface area contributed by atoms with Gasteiger partial charge in [-0.2, -0.15) is 0 Å². The fourth-order valence-corrected chi connectivity index (χ4v) is 4.97. The van der Waals surface area contributed by atoms with Crippen molar-refractivity contribution in [1.82, 2.24) is 14.8 Å². The lowest BCUT2D eigenvalue weighted by atomic mass is 9.84. The molecular weight excluding hydrogens is 402 g/mol. The Labute approximate surface area is 188 Å². The van der Waals surface area contributed by atoms with Crippen molar-refractivity contribution in [2.24, 2.45) is 11.8 Å². The van der Waals surface area contributed by atoms with E-state index >= 15 is 0 Å². The standard InChI is InChI=1S/C26H29N3O3/c1-18(25(30)28-13-5-6-14-28)19-11-15-29(16-12-19)26(31)21-9-10-22-23(17-21)32-24(27-22)20-7-3-2-4-8-20/h2-4,7-10,17-19H,5-6,11-16H2,1H3/t18-/m0/s1. The summed E-state index contributed by atoms with van der Waals surface area (Å²) in [5.74, 6) is 1.24. The zero-order chi connectivity index (χ0) is 22.1. The monoisotopic (exact) mass is 431 g/mol. The molecule has 32 heavy (non-hydrogen) atoms. The molecule has 1 aromatic heterocycles. The van der Waals surface area contributed by atoms with Gasteiger partial charge in [0.15, 0.2) is 5.58 Å². The van der Waals surface area contributed by atoms with Crippen LogP contribution in [0.15, 0.2) is 52.9 Å². The van der Waals surface area contributed by atoms with Crippen molar-refractivity contribution < 1.29 is 14.0 Å². The SMILES string of the molecule is C[C@H](C(=O)N1CCCC1)C1CCN(C(=O)c2ccc3nc(-c4ccccc4)oc3c2)CC1. The lowest BCUT2D eigenvalue weighted by Crippen LogP contribution is -2.43. The minimum Gasteiger partial charge on any atom is -0.436 e. The van der Waals surface area contributed by atoms with E-state index in [9.17, 15) is 9.59 Å². The summed E-state index contributed by atoms with van der Waals surface area (Å²) in [5.41, 5.74) is 2.90. The van der Waals surface area contributed by atoms with Gasteiger partial charge in [0.2, 0.25) is 11.8 Å². The number of piperidine rings is 1. The zero-order valence-corrected chi connectivity index (χ0v) is 18.5. The van der Waals surface area contributed by atoms with Crippen molar-refractivity contribution in [3.8, 4) is 11.5 Å². The first-order chi connectivity index (χ1) is 15.6. The predicted octanol–water partition coefficient (Wildman–Crippen LogP) is 4.61. The summed E-state index contributed by atoms with van der Waals surface area (Å²) in [4.78, 5) is 34.3. The molecule has 6 nitrogen and oxygen atoms in total. The normalized spacial score (nSPS) is 18.3. The van der Waals surface area contributed by atoms with Crippen molar-refractivity contribution >= 4 is 22.9 Å². The predicted molar refractivity (Wildman–Crippen MR) is 123 cm³/mol. The van der Waals surface area contributed by atoms with Crippen LogP contribution in [0.4, 0.5) is 0 Å². The first-order valence-corrected chi connectivity index (χ1v) is 11.6. The highest BCUT2D eigenvalue weighted by Crippen LogP contribution is 2.29. The molecule has 0 unspecified atom stereocenters. The van der Waals surface area contributed by atoms with Crippen LogP contribution < -0.4 is 0 Å². The van der Waals surface area contributed by atoms with E-state index in [4.69, 9.17) is 4.42 Å². The van der Waals surface area contributed by atoms with E-state index < -0.39 is 0 Å². The lowest BCUT2D eigenvalue weighted by molar-refractivity contribution is -0.136. The third-order valence-corrected chi connectivity index (χ3v) is 7.00. The van der Waals surface area contributed by atoms with Gasteiger partial charge in [-0.3, -0.25) is 9.59 Å². The summed E-state index contributed by atoms with van der Waals surface area (Å²) in [5, 5.41) is 0. The quantitative estimate of drug-likeness (QED) is 0.605. The molecule has 3 heterocycles. The van der Waals surface area contributed by atoms with E-state index in [0.29, 0.717) is 36.0 Å². The molecule has 2 aromatic carbocycles. The summed E-state index contributed by atoms with van der Waals surface area (Å²) in [7, 11) is 0. The Kier molecular flexibility index (Phi) is 5.68. The second kappa shape index (κ2) is 8.77. The molecule has 2 aliphatic heterocycles. The molecule has 0 spiro atoms. The van der Waals surface area contributed by atoms with E-state index in [-0.39, 0.29) is 17.7 Å². The van der Waals surface area contributed by atoms with Gasteiger partial charge < -0.3 is 14.2 Å². The molecule has 2 amide bonds. The van der Waals surface area contributed by atoms with Crippen LogP contribution >= 0.6 is 0 Å². The average molecular weight is 432 g/mol. The van der Waals surface area contributed by atoms with Crippen LogP contribution in [0.5, 0.6) is 0 Å². The minimum absolute atomic E-state index is 0.0153. The van der Waals surface area contributed by atoms with Crippen LogP contribution in [0.1, 0.15) is 43.0 Å². The van der Waals surface area contributed by atoms with E-state index in [1.165, 1.54) is 0 Å². The van der Waals surface area contributed by atoms with Gasteiger partial charge >= 0.3 is 0 Å². The average Bonchev–Trinajstić information content (AvgIpc) is 3.53. The molecule has 0 aliphatic carbocycles. The van der Waals surface area contributed by atoms with E-state index in [2.05, 4.69) is 11.9 Å². The van der Waals surface area contributed by atoms with Gasteiger partial charge in [-0.05, 0) is 61.9 Å². The number of aromatic nitrogens is 1. The molecule has 0 bridgehead atoms. The smallest absolute Gasteiger partial charge is 0.253 e. The summed E-state index contributed by atoms with van der Waals surface area (Å²) in [6.45, 7) is 5.23. The summed E-state index contributed by atoms with van der Waals surface area (Å²) >= 11 is 0. The summed E-state index contributed by atoms with van der Waals surface area (Å²) < 4.78 is 5.93. The number of rotatable bonds is 4. The number of fused-ring (bicyclic) bond motifs is 1. The number of nitrogens with zero attached hydrogens (tertiary/aromatic N) is 3. The molecule has 5 rings (SSSR count). The van der Waals surface area contributed by atoms with Crippen LogP contribution in [0.25, 0.3) is 22.6 Å². The van der Waals surface area contributed by atoms with Crippen molar-refractivity contribution in [3.05, 3.63) is 54.1 Å². The molecule has 1 atom stereocenters. The number of hydrogen-bond acceptors (Lipinski definition) is 4. The molecular formula is C26H29N3O3. The number of carbonyl (C=O) groups is 2. The second-order valence-corrected chi connectivity index (χ2v) is 9.02. The van der Waals surface area contributed by atoms with E-state index in [0.717, 1.165) is 49.9 Å². The third kappa shape index (κ3) is 4.01. The highest BCUT2D eigenvalue weighted by Gasteiger charge is 2.33. The van der Waals surface area contributed by atoms with Crippen LogP contribution in [0, 0.1) is 11.8 Å². The molecule has 3 aromatic rings. The minimum atomic E-state index is 0.0153. The van der Waals surface area contributed by atoms with Gasteiger partial charge in [-0.25, -0.2) is 4.98 Å². The molecule has 0 radical (unpaired) electrons. The Bertz CT molecular complexity index is 1110. The second-order valence-electron chi connectivity index (χ2n) is 9.02. The molecule has 0 saturated carbocycles. The lowest BCUT2D eigenvalue weighted by Gasteiger charge is -2.35. The number of likely N-dealkylation sites (tertiary alicyclic amines) is 2. The Morgan fingerprint density at radius 3 is 2.41 bits per heavy atom. The number of hydrogen-bond donors (Lipinski definition) is 0. The van der Waals surface area contributed by atoms with Gasteiger partial charge in [0, 0.05) is 43.2 Å². The van der Waals surface area contributed by atoms with Crippen molar-refractivity contribution in [2.45, 2.75) is 32.6 Å². The van der Waals surface area contributed by atoms with Crippen LogP contribution in [-0.2, 0) is 4.79 Å². The first kappa shape index (κ1) is 20.7. The van der Waals surface area contributed by atoms with Crippen molar-refractivity contribution in [1.29, 1.82) is 0 Å². The fraction of sp³-hybridized carbons (Fsp3) is 0.423. The molecule has 2 aliphatic rings. The van der Waals surface area contributed by atoms with Gasteiger partial charge in [0.05, 0.1) is 0 Å². The van der Waals surface area contributed by atoms with Crippen LogP contribution in [0.2, 0.25) is 0 Å². The number of amides is 2. The third-order valence-electron chi connectivity index (χ3n) is 7.00. The maximum Gasteiger partial charge on any atom is 0.253 e. The number of oxazole rings is 1. The Morgan fingerprint density at radius 2 is 1.69 bits per heavy atom. The Hall–Kier alpha value is -3.15. The highest BCUT2D eigenvalue weighted by molar-refractivity contribution is 5.97. The van der Waals surface area contributed by atoms with Gasteiger partial charge in [0.1, 0.15) is 5.52 Å². The topological polar surface area (TPSA) is 66.7 Å². The van der Waals surface area contributed by atoms with Crippen LogP contribution in [-0.4, -0.2) is 52.8 Å². The highest BCUT2D eigenvalue weighted by atomic mass is 16.3. The molecule has 0 N–H and O–H groups in total. The molecule has 2 saturated heterocycles. The van der Waals surface area contributed by atoms with Gasteiger partial charge in [-0.15, -0.1) is 0 Å². The fourth-order valence-electron chi connectivity index (χ4n) is 4.97.